The molecule has 1 aliphatic carbocycles. The van der Waals surface area contributed by atoms with E-state index in [1.165, 1.54) is 18.4 Å². The van der Waals surface area contributed by atoms with Crippen LogP contribution in [0.5, 0.6) is 0 Å². The van der Waals surface area contributed by atoms with Gasteiger partial charge in [-0.15, -0.1) is 0 Å². The molecule has 24 heavy (non-hydrogen) atoms. The SMILES string of the molecule is O=C1Nc2ccccc2CC[C@H]1N1CCO[C@@H](COCC2CC2)C1. The molecule has 2 atom stereocenters. The number of para-hydroxylation sites is 1. The first-order chi connectivity index (χ1) is 11.8. The van der Waals surface area contributed by atoms with Crippen LogP contribution in [0.1, 0.15) is 24.8 Å². The van der Waals surface area contributed by atoms with Gasteiger partial charge in [-0.2, -0.15) is 0 Å². The Hall–Kier alpha value is -1.43. The fraction of sp³-hybridized carbons (Fsp3) is 0.632. The zero-order valence-corrected chi connectivity index (χ0v) is 14.1. The van der Waals surface area contributed by atoms with E-state index in [2.05, 4.69) is 16.3 Å². The van der Waals surface area contributed by atoms with Gasteiger partial charge in [-0.3, -0.25) is 9.69 Å². The van der Waals surface area contributed by atoms with Gasteiger partial charge in [0, 0.05) is 25.4 Å². The molecule has 0 radical (unpaired) electrons. The zero-order valence-electron chi connectivity index (χ0n) is 14.1. The van der Waals surface area contributed by atoms with Crippen LogP contribution in [0.3, 0.4) is 0 Å². The highest BCUT2D eigenvalue weighted by atomic mass is 16.5. The number of benzene rings is 1. The minimum absolute atomic E-state index is 0.0766. The molecule has 0 spiro atoms. The molecule has 1 N–H and O–H groups in total. The van der Waals surface area contributed by atoms with Crippen LogP contribution >= 0.6 is 0 Å². The second-order valence-corrected chi connectivity index (χ2v) is 7.17. The molecule has 3 aliphatic rings. The van der Waals surface area contributed by atoms with E-state index < -0.39 is 0 Å². The maximum Gasteiger partial charge on any atom is 0.241 e. The van der Waals surface area contributed by atoms with Crippen molar-refractivity contribution in [1.29, 1.82) is 0 Å². The third-order valence-electron chi connectivity index (χ3n) is 5.23. The van der Waals surface area contributed by atoms with E-state index in [1.807, 2.05) is 18.2 Å². The third kappa shape index (κ3) is 3.79. The summed E-state index contributed by atoms with van der Waals surface area (Å²) in [4.78, 5) is 14.9. The standard InChI is InChI=1S/C19H26N2O3/c22-19-18(8-7-15-3-1-2-4-17(15)20-19)21-9-10-24-16(11-21)13-23-12-14-5-6-14/h1-4,14,16,18H,5-13H2,(H,20,22)/t16-,18-/m1/s1. The third-order valence-corrected chi connectivity index (χ3v) is 5.23. The van der Waals surface area contributed by atoms with Gasteiger partial charge in [-0.1, -0.05) is 18.2 Å². The average molecular weight is 330 g/mol. The van der Waals surface area contributed by atoms with Gasteiger partial charge < -0.3 is 14.8 Å². The Balaban J connectivity index is 1.35. The molecule has 1 saturated carbocycles. The number of hydrogen-bond donors (Lipinski definition) is 1. The Morgan fingerprint density at radius 3 is 2.96 bits per heavy atom. The highest BCUT2D eigenvalue weighted by Crippen LogP contribution is 2.29. The Bertz CT molecular complexity index is 588. The molecular weight excluding hydrogens is 304 g/mol. The van der Waals surface area contributed by atoms with E-state index in [1.54, 1.807) is 0 Å². The second kappa shape index (κ2) is 7.21. The Morgan fingerprint density at radius 1 is 1.21 bits per heavy atom. The number of carbonyl (C=O) groups excluding carboxylic acids is 1. The maximum atomic E-state index is 12.7. The van der Waals surface area contributed by atoms with E-state index in [0.29, 0.717) is 13.2 Å². The number of hydrogen-bond acceptors (Lipinski definition) is 4. The van der Waals surface area contributed by atoms with E-state index in [-0.39, 0.29) is 18.1 Å². The molecule has 2 fully saturated rings. The van der Waals surface area contributed by atoms with Crippen LogP contribution in [0.15, 0.2) is 24.3 Å². The molecule has 0 unspecified atom stereocenters. The average Bonchev–Trinajstić information content (AvgIpc) is 3.42. The minimum atomic E-state index is -0.0766. The van der Waals surface area contributed by atoms with E-state index >= 15 is 0 Å². The molecule has 0 aromatic heterocycles. The lowest BCUT2D eigenvalue weighted by Crippen LogP contribution is -2.52. The molecule has 1 aromatic rings. The van der Waals surface area contributed by atoms with Gasteiger partial charge in [0.15, 0.2) is 0 Å². The van der Waals surface area contributed by atoms with Crippen LogP contribution in [0, 0.1) is 5.92 Å². The Morgan fingerprint density at radius 2 is 2.08 bits per heavy atom. The number of fused-ring (bicyclic) bond motifs is 1. The van der Waals surface area contributed by atoms with Crippen molar-refractivity contribution in [2.45, 2.75) is 37.8 Å². The summed E-state index contributed by atoms with van der Waals surface area (Å²) in [5.74, 6) is 0.885. The number of nitrogens with one attached hydrogen (secondary N) is 1. The minimum Gasteiger partial charge on any atom is -0.378 e. The van der Waals surface area contributed by atoms with Crippen LogP contribution in [-0.4, -0.2) is 55.9 Å². The predicted molar refractivity (Wildman–Crippen MR) is 92.0 cm³/mol. The van der Waals surface area contributed by atoms with Crippen LogP contribution in [-0.2, 0) is 20.7 Å². The molecule has 2 aliphatic heterocycles. The molecule has 5 heteroatoms. The van der Waals surface area contributed by atoms with Crippen molar-refractivity contribution in [1.82, 2.24) is 4.90 Å². The summed E-state index contributed by atoms with van der Waals surface area (Å²) in [5.41, 5.74) is 2.19. The maximum absolute atomic E-state index is 12.7. The van der Waals surface area contributed by atoms with E-state index in [4.69, 9.17) is 9.47 Å². The van der Waals surface area contributed by atoms with Gasteiger partial charge >= 0.3 is 0 Å². The van der Waals surface area contributed by atoms with Gasteiger partial charge in [0.05, 0.1) is 25.4 Å². The topological polar surface area (TPSA) is 50.8 Å². The first-order valence-electron chi connectivity index (χ1n) is 9.12. The number of nitrogens with zero attached hydrogens (tertiary/aromatic N) is 1. The number of anilines is 1. The number of morpholine rings is 1. The largest absolute Gasteiger partial charge is 0.378 e. The van der Waals surface area contributed by atoms with Crippen molar-refractivity contribution in [3.8, 4) is 0 Å². The van der Waals surface area contributed by atoms with Gasteiger partial charge in [-0.05, 0) is 43.2 Å². The lowest BCUT2D eigenvalue weighted by atomic mass is 10.0. The van der Waals surface area contributed by atoms with Gasteiger partial charge in [0.25, 0.3) is 0 Å². The van der Waals surface area contributed by atoms with Gasteiger partial charge in [0.2, 0.25) is 5.91 Å². The summed E-state index contributed by atoms with van der Waals surface area (Å²) >= 11 is 0. The molecule has 1 amide bonds. The number of carbonyl (C=O) groups is 1. The lowest BCUT2D eigenvalue weighted by molar-refractivity contribution is -0.127. The van der Waals surface area contributed by atoms with Crippen LogP contribution < -0.4 is 5.32 Å². The van der Waals surface area contributed by atoms with Crippen molar-refractivity contribution in [3.05, 3.63) is 29.8 Å². The summed E-state index contributed by atoms with van der Waals surface area (Å²) in [6, 6.07) is 8.02. The molecule has 1 saturated heterocycles. The molecular formula is C19H26N2O3. The van der Waals surface area contributed by atoms with Crippen molar-refractivity contribution >= 4 is 11.6 Å². The van der Waals surface area contributed by atoms with Crippen molar-refractivity contribution in [3.63, 3.8) is 0 Å². The van der Waals surface area contributed by atoms with Crippen LogP contribution in [0.25, 0.3) is 0 Å². The fourth-order valence-corrected chi connectivity index (χ4v) is 3.62. The summed E-state index contributed by atoms with van der Waals surface area (Å²) in [6.07, 6.45) is 4.48. The van der Waals surface area contributed by atoms with Crippen molar-refractivity contribution in [2.24, 2.45) is 5.92 Å². The normalized spacial score (nSPS) is 28.1. The number of rotatable bonds is 5. The molecule has 1 aromatic carbocycles. The monoisotopic (exact) mass is 330 g/mol. The number of amides is 1. The van der Waals surface area contributed by atoms with Gasteiger partial charge in [-0.25, -0.2) is 0 Å². The Kier molecular flexibility index (Phi) is 4.83. The highest BCUT2D eigenvalue weighted by Gasteiger charge is 2.33. The summed E-state index contributed by atoms with van der Waals surface area (Å²) in [5, 5.41) is 3.10. The summed E-state index contributed by atoms with van der Waals surface area (Å²) in [6.45, 7) is 3.77. The lowest BCUT2D eigenvalue weighted by Gasteiger charge is -2.37. The van der Waals surface area contributed by atoms with Crippen molar-refractivity contribution < 1.29 is 14.3 Å². The number of ether oxygens (including phenoxy) is 2. The van der Waals surface area contributed by atoms with E-state index in [0.717, 1.165) is 44.1 Å². The molecule has 2 heterocycles. The first kappa shape index (κ1) is 16.1. The van der Waals surface area contributed by atoms with Crippen LogP contribution in [0.4, 0.5) is 5.69 Å². The smallest absolute Gasteiger partial charge is 0.241 e. The summed E-state index contributed by atoms with van der Waals surface area (Å²) < 4.78 is 11.6. The van der Waals surface area contributed by atoms with E-state index in [9.17, 15) is 4.79 Å². The molecule has 130 valence electrons. The quantitative estimate of drug-likeness (QED) is 0.898. The fourth-order valence-electron chi connectivity index (χ4n) is 3.62. The zero-order chi connectivity index (χ0) is 16.4. The van der Waals surface area contributed by atoms with Gasteiger partial charge in [0.1, 0.15) is 0 Å². The first-order valence-corrected chi connectivity index (χ1v) is 9.12. The van der Waals surface area contributed by atoms with Crippen molar-refractivity contribution in [2.75, 3.05) is 38.2 Å². The molecule has 5 nitrogen and oxygen atoms in total. The molecule has 4 rings (SSSR count). The highest BCUT2D eigenvalue weighted by molar-refractivity contribution is 5.96. The van der Waals surface area contributed by atoms with Crippen LogP contribution in [0.2, 0.25) is 0 Å². The number of aryl methyl sites for hydroxylation is 1. The predicted octanol–water partition coefficient (Wildman–Crippen LogP) is 2.07. The second-order valence-electron chi connectivity index (χ2n) is 7.17. The Labute approximate surface area is 143 Å². The summed E-state index contributed by atoms with van der Waals surface area (Å²) in [7, 11) is 0. The molecule has 0 bridgehead atoms.